The highest BCUT2D eigenvalue weighted by molar-refractivity contribution is 7.20. The van der Waals surface area contributed by atoms with Crippen LogP contribution in [0.3, 0.4) is 0 Å². The van der Waals surface area contributed by atoms with Gasteiger partial charge in [0.25, 0.3) is 5.19 Å². The summed E-state index contributed by atoms with van der Waals surface area (Å²) in [5, 5.41) is 9.09. The summed E-state index contributed by atoms with van der Waals surface area (Å²) in [6.45, 7) is 0. The van der Waals surface area contributed by atoms with Crippen LogP contribution in [0, 0.1) is 0 Å². The number of nitrogens with zero attached hydrogens (tertiary/aromatic N) is 1. The zero-order chi connectivity index (χ0) is 18.2. The Bertz CT molecular complexity index is 952. The van der Waals surface area contributed by atoms with Crippen LogP contribution in [0.2, 0.25) is 0 Å². The van der Waals surface area contributed by atoms with Crippen LogP contribution in [0.4, 0.5) is 13.2 Å². The van der Waals surface area contributed by atoms with Gasteiger partial charge in [-0.1, -0.05) is 11.3 Å². The van der Waals surface area contributed by atoms with Crippen molar-refractivity contribution >= 4 is 27.5 Å². The van der Waals surface area contributed by atoms with Gasteiger partial charge in [-0.2, -0.15) is 13.2 Å². The third-order valence-electron chi connectivity index (χ3n) is 3.30. The molecule has 2 aromatic carbocycles. The van der Waals surface area contributed by atoms with E-state index in [1.807, 2.05) is 0 Å². The van der Waals surface area contributed by atoms with Crippen molar-refractivity contribution in [3.05, 3.63) is 47.5 Å². The molecule has 3 aromatic rings. The molecule has 1 N–H and O–H groups in total. The number of hydrogen-bond acceptors (Lipinski definition) is 5. The Morgan fingerprint density at radius 3 is 2.56 bits per heavy atom. The van der Waals surface area contributed by atoms with Gasteiger partial charge in [0.05, 0.1) is 28.5 Å². The third-order valence-corrected chi connectivity index (χ3v) is 4.22. The molecule has 0 aliphatic carbocycles. The van der Waals surface area contributed by atoms with Gasteiger partial charge >= 0.3 is 12.1 Å². The smallest absolute Gasteiger partial charge is 0.416 e. The Kier molecular flexibility index (Phi) is 4.25. The summed E-state index contributed by atoms with van der Waals surface area (Å²) in [4.78, 5) is 15.0. The average Bonchev–Trinajstić information content (AvgIpc) is 2.95. The monoisotopic (exact) mass is 369 g/mol. The molecule has 0 saturated carbocycles. The van der Waals surface area contributed by atoms with Crippen molar-refractivity contribution < 1.29 is 32.5 Å². The quantitative estimate of drug-likeness (QED) is 0.714. The van der Waals surface area contributed by atoms with Gasteiger partial charge < -0.3 is 14.6 Å². The lowest BCUT2D eigenvalue weighted by Crippen LogP contribution is -2.03. The summed E-state index contributed by atoms with van der Waals surface area (Å²) >= 11 is 1.07. The summed E-state index contributed by atoms with van der Waals surface area (Å²) in [6, 6.07) is 7.26. The average molecular weight is 369 g/mol. The Morgan fingerprint density at radius 1 is 1.16 bits per heavy atom. The van der Waals surface area contributed by atoms with Crippen LogP contribution in [0.15, 0.2) is 36.4 Å². The normalized spacial score (nSPS) is 11.5. The van der Waals surface area contributed by atoms with Crippen LogP contribution in [-0.2, 0) is 6.18 Å². The van der Waals surface area contributed by atoms with Crippen molar-refractivity contribution in [1.29, 1.82) is 0 Å². The summed E-state index contributed by atoms with van der Waals surface area (Å²) in [5.41, 5.74) is -0.612. The van der Waals surface area contributed by atoms with E-state index in [2.05, 4.69) is 4.98 Å². The predicted octanol–water partition coefficient (Wildman–Crippen LogP) is 4.81. The number of fused-ring (bicyclic) bond motifs is 1. The molecule has 0 fully saturated rings. The minimum atomic E-state index is -4.45. The third kappa shape index (κ3) is 3.50. The first-order chi connectivity index (χ1) is 11.8. The molecule has 130 valence electrons. The van der Waals surface area contributed by atoms with Crippen molar-refractivity contribution in [2.75, 3.05) is 7.11 Å². The maximum atomic E-state index is 12.8. The summed E-state index contributed by atoms with van der Waals surface area (Å²) < 4.78 is 49.4. The molecule has 0 bridgehead atoms. The molecule has 0 spiro atoms. The van der Waals surface area contributed by atoms with Crippen molar-refractivity contribution in [3.63, 3.8) is 0 Å². The molecule has 0 saturated heterocycles. The molecule has 0 unspecified atom stereocenters. The molecular formula is C16H10F3NO4S. The largest absolute Gasteiger partial charge is 0.493 e. The van der Waals surface area contributed by atoms with Gasteiger partial charge in [-0.3, -0.25) is 0 Å². The molecular weight excluding hydrogens is 359 g/mol. The van der Waals surface area contributed by atoms with E-state index < -0.39 is 17.7 Å². The van der Waals surface area contributed by atoms with Gasteiger partial charge in [-0.15, -0.1) is 0 Å². The van der Waals surface area contributed by atoms with Gasteiger partial charge in [-0.25, -0.2) is 9.78 Å². The van der Waals surface area contributed by atoms with Crippen LogP contribution in [0.1, 0.15) is 15.9 Å². The van der Waals surface area contributed by atoms with E-state index in [9.17, 15) is 18.0 Å². The second kappa shape index (κ2) is 6.25. The zero-order valence-electron chi connectivity index (χ0n) is 12.6. The first-order valence-electron chi connectivity index (χ1n) is 6.85. The van der Waals surface area contributed by atoms with Crippen LogP contribution in [0.25, 0.3) is 10.2 Å². The van der Waals surface area contributed by atoms with Gasteiger partial charge in [0.2, 0.25) is 0 Å². The lowest BCUT2D eigenvalue weighted by molar-refractivity contribution is -0.137. The Balaban J connectivity index is 1.94. The van der Waals surface area contributed by atoms with Crippen LogP contribution in [-0.4, -0.2) is 23.2 Å². The number of carboxylic acids is 1. The SMILES string of the molecule is COc1cc(C(=O)O)ccc1Oc1nc2cc(C(F)(F)F)ccc2s1. The maximum absolute atomic E-state index is 12.8. The van der Waals surface area contributed by atoms with E-state index in [1.165, 1.54) is 31.4 Å². The van der Waals surface area contributed by atoms with Crippen molar-refractivity contribution in [1.82, 2.24) is 4.98 Å². The fraction of sp³-hybridized carbons (Fsp3) is 0.125. The molecule has 0 radical (unpaired) electrons. The molecule has 0 amide bonds. The van der Waals surface area contributed by atoms with Crippen molar-refractivity contribution in [2.45, 2.75) is 6.18 Å². The van der Waals surface area contributed by atoms with E-state index in [-0.39, 0.29) is 27.8 Å². The Morgan fingerprint density at radius 2 is 1.92 bits per heavy atom. The molecule has 0 atom stereocenters. The molecule has 25 heavy (non-hydrogen) atoms. The molecule has 3 rings (SSSR count). The number of halogens is 3. The highest BCUT2D eigenvalue weighted by Crippen LogP contribution is 2.38. The van der Waals surface area contributed by atoms with Crippen molar-refractivity contribution in [2.24, 2.45) is 0 Å². The van der Waals surface area contributed by atoms with E-state index >= 15 is 0 Å². The zero-order valence-corrected chi connectivity index (χ0v) is 13.4. The number of carboxylic acid groups (broad SMARTS) is 1. The fourth-order valence-electron chi connectivity index (χ4n) is 2.11. The molecule has 0 aliphatic rings. The van der Waals surface area contributed by atoms with Gasteiger partial charge in [-0.05, 0) is 36.4 Å². The minimum absolute atomic E-state index is 0.0170. The van der Waals surface area contributed by atoms with Crippen LogP contribution >= 0.6 is 11.3 Å². The lowest BCUT2D eigenvalue weighted by Gasteiger charge is -2.08. The number of aromatic carboxylic acids is 1. The topological polar surface area (TPSA) is 68.7 Å². The number of carbonyl (C=O) groups is 1. The number of rotatable bonds is 4. The summed E-state index contributed by atoms with van der Waals surface area (Å²) in [7, 11) is 1.35. The minimum Gasteiger partial charge on any atom is -0.493 e. The molecule has 9 heteroatoms. The summed E-state index contributed by atoms with van der Waals surface area (Å²) in [5.74, 6) is -0.734. The van der Waals surface area contributed by atoms with Crippen LogP contribution in [0.5, 0.6) is 16.7 Å². The highest BCUT2D eigenvalue weighted by atomic mass is 32.1. The van der Waals surface area contributed by atoms with E-state index in [4.69, 9.17) is 14.6 Å². The number of hydrogen-bond donors (Lipinski definition) is 1. The van der Waals surface area contributed by atoms with Gasteiger partial charge in [0, 0.05) is 0 Å². The van der Waals surface area contributed by atoms with Gasteiger partial charge in [0.1, 0.15) is 0 Å². The lowest BCUT2D eigenvalue weighted by atomic mass is 10.2. The Labute approximate surface area is 143 Å². The highest BCUT2D eigenvalue weighted by Gasteiger charge is 2.30. The van der Waals surface area contributed by atoms with E-state index in [0.29, 0.717) is 4.70 Å². The number of ether oxygens (including phenoxy) is 2. The molecule has 1 heterocycles. The first kappa shape index (κ1) is 17.0. The van der Waals surface area contributed by atoms with Crippen molar-refractivity contribution in [3.8, 4) is 16.7 Å². The number of benzene rings is 2. The predicted molar refractivity (Wildman–Crippen MR) is 84.6 cm³/mol. The number of alkyl halides is 3. The van der Waals surface area contributed by atoms with E-state index in [1.54, 1.807) is 0 Å². The fourth-order valence-corrected chi connectivity index (χ4v) is 2.91. The number of methoxy groups -OCH3 is 1. The molecule has 5 nitrogen and oxygen atoms in total. The second-order valence-corrected chi connectivity index (χ2v) is 5.93. The number of thiazole rings is 1. The standard InChI is InChI=1S/C16H10F3NO4S/c1-23-12-6-8(14(21)22)2-4-11(12)24-15-20-10-7-9(16(17,18)19)3-5-13(10)25-15/h2-7H,1H3,(H,21,22). The number of aromatic nitrogens is 1. The summed E-state index contributed by atoms with van der Waals surface area (Å²) in [6.07, 6.45) is -4.45. The molecule has 1 aromatic heterocycles. The Hall–Kier alpha value is -2.81. The van der Waals surface area contributed by atoms with Gasteiger partial charge in [0.15, 0.2) is 11.5 Å². The maximum Gasteiger partial charge on any atom is 0.416 e. The second-order valence-electron chi connectivity index (χ2n) is 4.93. The first-order valence-corrected chi connectivity index (χ1v) is 7.66. The van der Waals surface area contributed by atoms with E-state index in [0.717, 1.165) is 23.5 Å². The van der Waals surface area contributed by atoms with Crippen LogP contribution < -0.4 is 9.47 Å². The molecule has 0 aliphatic heterocycles.